The summed E-state index contributed by atoms with van der Waals surface area (Å²) in [5, 5.41) is 49.7. The number of nitrogens with zero attached hydrogens (tertiary/aromatic N) is 1. The molecule has 0 bridgehead atoms. The normalized spacial score (nSPS) is 14.5. The first-order valence-corrected chi connectivity index (χ1v) is 13.0. The molecule has 0 fully saturated rings. The molecule has 0 radical (unpaired) electrons. The maximum atomic E-state index is 12.8. The molecule has 206 valence electrons. The Hall–Kier alpha value is -2.69. The van der Waals surface area contributed by atoms with Crippen molar-refractivity contribution in [3.8, 4) is 5.75 Å². The highest BCUT2D eigenvalue weighted by Crippen LogP contribution is 2.25. The number of unbranched alkanes of at least 4 members (excludes halogenated alkanes) is 6. The first kappa shape index (κ1) is 30.5. The van der Waals surface area contributed by atoms with E-state index in [1.807, 2.05) is 6.07 Å². The van der Waals surface area contributed by atoms with Crippen molar-refractivity contribution < 1.29 is 35.1 Å². The second kappa shape index (κ2) is 16.2. The van der Waals surface area contributed by atoms with Gasteiger partial charge in [0, 0.05) is 24.5 Å². The molecule has 0 saturated heterocycles. The van der Waals surface area contributed by atoms with E-state index in [-0.39, 0.29) is 17.8 Å². The number of carbonyl (C=O) groups is 1. The number of benzene rings is 2. The van der Waals surface area contributed by atoms with Crippen LogP contribution in [0.25, 0.3) is 0 Å². The van der Waals surface area contributed by atoms with E-state index in [1.54, 1.807) is 47.4 Å². The largest absolute Gasteiger partial charge is 0.423 e. The standard InChI is InChI=1S/C28H42N2O7/c1-2-3-4-5-6-7-11-16-30(18-24(32)26(34)27(35)25(33)19-31)20-14-15-23(29)22(17-20)28(36)37-21-12-9-8-10-13-21/h8-10,12-15,17,24-27,31-35H,2-7,11,16,18-19,29H2,1H3. The van der Waals surface area contributed by atoms with Gasteiger partial charge in [0.05, 0.1) is 18.3 Å². The number of anilines is 2. The first-order chi connectivity index (χ1) is 17.8. The Labute approximate surface area is 219 Å². The average molecular weight is 519 g/mol. The Balaban J connectivity index is 2.17. The van der Waals surface area contributed by atoms with Gasteiger partial charge in [-0.3, -0.25) is 0 Å². The first-order valence-electron chi connectivity index (χ1n) is 13.0. The van der Waals surface area contributed by atoms with Crippen molar-refractivity contribution in [2.75, 3.05) is 30.3 Å². The van der Waals surface area contributed by atoms with Gasteiger partial charge < -0.3 is 40.9 Å². The lowest BCUT2D eigenvalue weighted by molar-refractivity contribution is -0.112. The fraction of sp³-hybridized carbons (Fsp3) is 0.536. The second-order valence-corrected chi connectivity index (χ2v) is 9.34. The number of rotatable bonds is 17. The van der Waals surface area contributed by atoms with Crippen LogP contribution in [0.4, 0.5) is 11.4 Å². The SMILES string of the molecule is CCCCCCCCCN(CC(O)C(O)C(O)C(O)CO)c1ccc(N)c(C(=O)Oc2ccccc2)c1. The van der Waals surface area contributed by atoms with Crippen molar-refractivity contribution in [3.05, 3.63) is 54.1 Å². The van der Waals surface area contributed by atoms with Crippen molar-refractivity contribution in [1.29, 1.82) is 0 Å². The maximum absolute atomic E-state index is 12.8. The second-order valence-electron chi connectivity index (χ2n) is 9.34. The molecule has 0 spiro atoms. The number of nitrogen functional groups attached to an aromatic ring is 1. The lowest BCUT2D eigenvalue weighted by Gasteiger charge is -2.32. The fourth-order valence-corrected chi connectivity index (χ4v) is 4.05. The van der Waals surface area contributed by atoms with Crippen molar-refractivity contribution in [2.45, 2.75) is 76.3 Å². The van der Waals surface area contributed by atoms with Gasteiger partial charge in [0.1, 0.15) is 24.1 Å². The summed E-state index contributed by atoms with van der Waals surface area (Å²) < 4.78 is 5.44. The summed E-state index contributed by atoms with van der Waals surface area (Å²) in [4.78, 5) is 14.6. The average Bonchev–Trinajstić information content (AvgIpc) is 2.91. The molecular formula is C28H42N2O7. The number of esters is 1. The van der Waals surface area contributed by atoms with E-state index in [4.69, 9.17) is 15.6 Å². The zero-order chi connectivity index (χ0) is 27.2. The van der Waals surface area contributed by atoms with E-state index < -0.39 is 37.0 Å². The predicted molar refractivity (Wildman–Crippen MR) is 144 cm³/mol. The molecule has 0 aliphatic heterocycles. The minimum atomic E-state index is -1.72. The van der Waals surface area contributed by atoms with Gasteiger partial charge in [0.2, 0.25) is 0 Å². The molecule has 9 nitrogen and oxygen atoms in total. The fourth-order valence-electron chi connectivity index (χ4n) is 4.05. The van der Waals surface area contributed by atoms with Crippen LogP contribution < -0.4 is 15.4 Å². The Morgan fingerprint density at radius 3 is 2.16 bits per heavy atom. The lowest BCUT2D eigenvalue weighted by Crippen LogP contribution is -2.50. The van der Waals surface area contributed by atoms with E-state index in [0.717, 1.165) is 25.7 Å². The van der Waals surface area contributed by atoms with E-state index in [9.17, 15) is 25.2 Å². The highest BCUT2D eigenvalue weighted by atomic mass is 16.5. The number of para-hydroxylation sites is 1. The minimum Gasteiger partial charge on any atom is -0.423 e. The Morgan fingerprint density at radius 2 is 1.51 bits per heavy atom. The molecule has 9 heteroatoms. The van der Waals surface area contributed by atoms with Crippen LogP contribution in [0.3, 0.4) is 0 Å². The zero-order valence-electron chi connectivity index (χ0n) is 21.6. The van der Waals surface area contributed by atoms with Crippen LogP contribution in [0.1, 0.15) is 62.2 Å². The maximum Gasteiger partial charge on any atom is 0.345 e. The summed E-state index contributed by atoms with van der Waals surface area (Å²) >= 11 is 0. The van der Waals surface area contributed by atoms with Crippen molar-refractivity contribution >= 4 is 17.3 Å². The third-order valence-electron chi connectivity index (χ3n) is 6.34. The number of nitrogens with two attached hydrogens (primary N) is 1. The van der Waals surface area contributed by atoms with E-state index in [2.05, 4.69) is 6.92 Å². The van der Waals surface area contributed by atoms with Crippen LogP contribution in [0.15, 0.2) is 48.5 Å². The summed E-state index contributed by atoms with van der Waals surface area (Å²) in [7, 11) is 0. The Bertz CT molecular complexity index is 928. The molecular weight excluding hydrogens is 476 g/mol. The van der Waals surface area contributed by atoms with E-state index in [1.165, 1.54) is 19.3 Å². The quantitative estimate of drug-likeness (QED) is 0.0801. The highest BCUT2D eigenvalue weighted by Gasteiger charge is 2.31. The van der Waals surface area contributed by atoms with Crippen LogP contribution in [-0.2, 0) is 0 Å². The smallest absolute Gasteiger partial charge is 0.345 e. The molecule has 4 atom stereocenters. The van der Waals surface area contributed by atoms with Gasteiger partial charge in [-0.15, -0.1) is 0 Å². The number of aliphatic hydroxyl groups excluding tert-OH is 5. The highest BCUT2D eigenvalue weighted by molar-refractivity contribution is 5.97. The van der Waals surface area contributed by atoms with Crippen molar-refractivity contribution in [3.63, 3.8) is 0 Å². The molecule has 0 aromatic heterocycles. The van der Waals surface area contributed by atoms with Gasteiger partial charge in [-0.1, -0.05) is 63.6 Å². The summed E-state index contributed by atoms with van der Waals surface area (Å²) in [6, 6.07) is 13.5. The van der Waals surface area contributed by atoms with Crippen molar-refractivity contribution in [2.24, 2.45) is 0 Å². The molecule has 2 aromatic carbocycles. The van der Waals surface area contributed by atoms with Crippen LogP contribution >= 0.6 is 0 Å². The van der Waals surface area contributed by atoms with Gasteiger partial charge >= 0.3 is 5.97 Å². The molecule has 37 heavy (non-hydrogen) atoms. The Kier molecular flexibility index (Phi) is 13.4. The number of aliphatic hydroxyl groups is 5. The van der Waals surface area contributed by atoms with Crippen LogP contribution in [0.5, 0.6) is 5.75 Å². The van der Waals surface area contributed by atoms with E-state index in [0.29, 0.717) is 18.0 Å². The summed E-state index contributed by atoms with van der Waals surface area (Å²) in [6.45, 7) is 1.86. The molecule has 0 saturated carbocycles. The van der Waals surface area contributed by atoms with Gasteiger partial charge in [-0.2, -0.15) is 0 Å². The molecule has 0 amide bonds. The van der Waals surface area contributed by atoms with E-state index >= 15 is 0 Å². The molecule has 4 unspecified atom stereocenters. The van der Waals surface area contributed by atoms with Crippen LogP contribution in [0.2, 0.25) is 0 Å². The zero-order valence-corrected chi connectivity index (χ0v) is 21.6. The molecule has 0 aliphatic rings. The predicted octanol–water partition coefficient (Wildman–Crippen LogP) is 2.48. The van der Waals surface area contributed by atoms with Crippen LogP contribution in [-0.4, -0.2) is 75.6 Å². The number of hydrogen-bond acceptors (Lipinski definition) is 9. The number of hydrogen-bond donors (Lipinski definition) is 6. The summed E-state index contributed by atoms with van der Waals surface area (Å²) in [5.41, 5.74) is 7.06. The van der Waals surface area contributed by atoms with Gasteiger partial charge in [0.25, 0.3) is 0 Å². The molecule has 2 rings (SSSR count). The van der Waals surface area contributed by atoms with Gasteiger partial charge in [0.15, 0.2) is 0 Å². The Morgan fingerprint density at radius 1 is 0.892 bits per heavy atom. The van der Waals surface area contributed by atoms with Crippen molar-refractivity contribution in [1.82, 2.24) is 0 Å². The lowest BCUT2D eigenvalue weighted by atomic mass is 10.0. The van der Waals surface area contributed by atoms with Gasteiger partial charge in [-0.25, -0.2) is 4.79 Å². The topological polar surface area (TPSA) is 157 Å². The molecule has 0 heterocycles. The minimum absolute atomic E-state index is 0.0801. The molecule has 7 N–H and O–H groups in total. The molecule has 2 aromatic rings. The summed E-state index contributed by atoms with van der Waals surface area (Å²) in [5.74, 6) is -0.240. The van der Waals surface area contributed by atoms with Gasteiger partial charge in [-0.05, 0) is 36.8 Å². The molecule has 0 aliphatic carbocycles. The number of ether oxygens (including phenoxy) is 1. The monoisotopic (exact) mass is 518 g/mol. The third-order valence-corrected chi connectivity index (χ3v) is 6.34. The third kappa shape index (κ3) is 9.94. The number of carbonyl (C=O) groups excluding carboxylic acids is 1. The van der Waals surface area contributed by atoms with Crippen LogP contribution in [0, 0.1) is 0 Å². The summed E-state index contributed by atoms with van der Waals surface area (Å²) in [6.07, 6.45) is 1.18.